The van der Waals surface area contributed by atoms with Crippen molar-refractivity contribution >= 4 is 15.9 Å². The topological polar surface area (TPSA) is 82.6 Å². The molecule has 3 rings (SSSR count). The van der Waals surface area contributed by atoms with Crippen molar-refractivity contribution in [1.82, 2.24) is 19.0 Å². The molecule has 2 aliphatic rings. The first-order chi connectivity index (χ1) is 17.9. The molecule has 10 heteroatoms. The summed E-state index contributed by atoms with van der Waals surface area (Å²) in [6.07, 6.45) is 5.61. The van der Waals surface area contributed by atoms with Crippen molar-refractivity contribution in [3.63, 3.8) is 0 Å². The lowest BCUT2D eigenvalue weighted by molar-refractivity contribution is -0.137. The van der Waals surface area contributed by atoms with Crippen LogP contribution in [-0.2, 0) is 19.6 Å². The summed E-state index contributed by atoms with van der Waals surface area (Å²) < 4.78 is 38.4. The van der Waals surface area contributed by atoms with Crippen molar-refractivity contribution in [2.24, 2.45) is 5.92 Å². The van der Waals surface area contributed by atoms with Gasteiger partial charge < -0.3 is 24.2 Å². The van der Waals surface area contributed by atoms with E-state index in [2.05, 4.69) is 23.9 Å². The lowest BCUT2D eigenvalue weighted by Gasteiger charge is -2.36. The quantitative estimate of drug-likeness (QED) is 0.369. The summed E-state index contributed by atoms with van der Waals surface area (Å²) in [6, 6.07) is 4.36. The maximum absolute atomic E-state index is 13.1. The first-order valence-electron chi connectivity index (χ1n) is 13.8. The molecule has 0 radical (unpaired) electrons. The molecular weight excluding hydrogens is 504 g/mol. The average Bonchev–Trinajstić information content (AvgIpc) is 3.34. The summed E-state index contributed by atoms with van der Waals surface area (Å²) >= 11 is 0. The van der Waals surface area contributed by atoms with Gasteiger partial charge in [0.05, 0.1) is 18.6 Å². The molecule has 0 spiro atoms. The van der Waals surface area contributed by atoms with Gasteiger partial charge in [0.2, 0.25) is 15.9 Å². The summed E-state index contributed by atoms with van der Waals surface area (Å²) in [4.78, 5) is 19.8. The third kappa shape index (κ3) is 7.69. The molecule has 1 saturated heterocycles. The van der Waals surface area contributed by atoms with Crippen LogP contribution in [0.5, 0.6) is 5.75 Å². The second-order valence-electron chi connectivity index (χ2n) is 11.3. The maximum Gasteiger partial charge on any atom is 0.248 e. The zero-order chi connectivity index (χ0) is 28.0. The van der Waals surface area contributed by atoms with Crippen LogP contribution in [0.4, 0.5) is 0 Å². The van der Waals surface area contributed by atoms with Gasteiger partial charge >= 0.3 is 0 Å². The van der Waals surface area contributed by atoms with E-state index in [1.165, 1.54) is 37.4 Å². The van der Waals surface area contributed by atoms with Gasteiger partial charge in [-0.2, -0.15) is 4.31 Å². The number of likely N-dealkylation sites (tertiary alicyclic amines) is 1. The van der Waals surface area contributed by atoms with E-state index >= 15 is 0 Å². The third-order valence-electron chi connectivity index (χ3n) is 8.37. The van der Waals surface area contributed by atoms with E-state index in [0.717, 1.165) is 25.7 Å². The molecule has 1 unspecified atom stereocenters. The van der Waals surface area contributed by atoms with Gasteiger partial charge in [0, 0.05) is 45.8 Å². The van der Waals surface area contributed by atoms with E-state index in [1.54, 1.807) is 33.1 Å². The Bertz CT molecular complexity index is 1020. The van der Waals surface area contributed by atoms with Crippen LogP contribution in [0.15, 0.2) is 17.0 Å². The molecular formula is C28H48N4O5S. The molecule has 0 N–H and O–H groups in total. The number of methoxy groups -OCH3 is 1. The van der Waals surface area contributed by atoms with Crippen LogP contribution in [0.2, 0.25) is 0 Å². The number of sulfonamides is 1. The minimum atomic E-state index is -3.68. The fourth-order valence-electron chi connectivity index (χ4n) is 5.85. The number of hydrogen-bond acceptors (Lipinski definition) is 7. The molecule has 1 aromatic rings. The highest BCUT2D eigenvalue weighted by atomic mass is 32.2. The predicted octanol–water partition coefficient (Wildman–Crippen LogP) is 2.60. The minimum absolute atomic E-state index is 0.0371. The van der Waals surface area contributed by atoms with Crippen LogP contribution in [0, 0.1) is 19.8 Å². The fraction of sp³-hybridized carbons (Fsp3) is 0.750. The molecule has 0 aromatic heterocycles. The molecule has 38 heavy (non-hydrogen) atoms. The van der Waals surface area contributed by atoms with E-state index < -0.39 is 10.0 Å². The van der Waals surface area contributed by atoms with Crippen LogP contribution in [0.3, 0.4) is 0 Å². The minimum Gasteiger partial charge on any atom is -0.497 e. The standard InChI is InChI=1S/C28H48N4O5S/c1-21-16-26(36-7)17-22(2)28(21)38(34,35)30(5)14-15-37-20-27(33)31(6)24-10-8-23(9-11-24)18-32-13-12-25(19-32)29(3)4/h16-17,23-25H,8-15,18-20H2,1-7H3/t23-,24+,25?. The highest BCUT2D eigenvalue weighted by molar-refractivity contribution is 7.89. The number of carbonyl (C=O) groups is 1. The summed E-state index contributed by atoms with van der Waals surface area (Å²) in [5, 5.41) is 0. The molecule has 1 heterocycles. The number of amides is 1. The smallest absolute Gasteiger partial charge is 0.248 e. The van der Waals surface area contributed by atoms with Gasteiger partial charge in [-0.05, 0) is 95.8 Å². The summed E-state index contributed by atoms with van der Waals surface area (Å²) in [5.74, 6) is 1.29. The number of likely N-dealkylation sites (N-methyl/N-ethyl adjacent to an activating group) is 3. The Morgan fingerprint density at radius 1 is 1.00 bits per heavy atom. The van der Waals surface area contributed by atoms with Crippen LogP contribution in [-0.4, -0.2) is 120 Å². The van der Waals surface area contributed by atoms with E-state index in [9.17, 15) is 13.2 Å². The SMILES string of the molecule is COc1cc(C)c(S(=O)(=O)N(C)CCOCC(=O)N(C)[C@H]2CC[C@@H](CN3CCC(N(C)C)C3)CC2)c(C)c1. The zero-order valence-electron chi connectivity index (χ0n) is 24.4. The van der Waals surface area contributed by atoms with E-state index in [4.69, 9.17) is 9.47 Å². The fourth-order valence-corrected chi connectivity index (χ4v) is 7.41. The summed E-state index contributed by atoms with van der Waals surface area (Å²) in [5.41, 5.74) is 1.28. The monoisotopic (exact) mass is 552 g/mol. The Morgan fingerprint density at radius 2 is 1.63 bits per heavy atom. The van der Waals surface area contributed by atoms with E-state index in [1.807, 2.05) is 11.9 Å². The van der Waals surface area contributed by atoms with Crippen LogP contribution in [0.1, 0.15) is 43.2 Å². The zero-order valence-corrected chi connectivity index (χ0v) is 25.2. The van der Waals surface area contributed by atoms with Crippen molar-refractivity contribution in [2.45, 2.75) is 62.9 Å². The molecule has 1 atom stereocenters. The molecule has 1 aromatic carbocycles. The van der Waals surface area contributed by atoms with Gasteiger partial charge in [0.1, 0.15) is 12.4 Å². The molecule has 216 valence electrons. The Morgan fingerprint density at radius 3 is 2.18 bits per heavy atom. The van der Waals surface area contributed by atoms with E-state index in [-0.39, 0.29) is 36.6 Å². The second-order valence-corrected chi connectivity index (χ2v) is 13.3. The van der Waals surface area contributed by atoms with Crippen LogP contribution in [0.25, 0.3) is 0 Å². The number of benzene rings is 1. The molecule has 1 aliphatic carbocycles. The number of rotatable bonds is 12. The first-order valence-corrected chi connectivity index (χ1v) is 15.2. The van der Waals surface area contributed by atoms with Crippen molar-refractivity contribution in [1.29, 1.82) is 0 Å². The van der Waals surface area contributed by atoms with Gasteiger partial charge in [-0.15, -0.1) is 0 Å². The average molecular weight is 553 g/mol. The summed E-state index contributed by atoms with van der Waals surface area (Å²) in [6.45, 7) is 7.34. The summed E-state index contributed by atoms with van der Waals surface area (Å²) in [7, 11) is 5.62. The van der Waals surface area contributed by atoms with Crippen molar-refractivity contribution in [3.05, 3.63) is 23.3 Å². The normalized spacial score (nSPS) is 22.8. The van der Waals surface area contributed by atoms with Crippen molar-refractivity contribution in [2.75, 3.05) is 74.7 Å². The molecule has 1 saturated carbocycles. The Kier molecular flexibility index (Phi) is 11.0. The molecule has 1 amide bonds. The van der Waals surface area contributed by atoms with Gasteiger partial charge in [-0.3, -0.25) is 4.79 Å². The first kappa shape index (κ1) is 30.8. The second kappa shape index (κ2) is 13.6. The molecule has 1 aliphatic heterocycles. The van der Waals surface area contributed by atoms with Gasteiger partial charge in [-0.25, -0.2) is 8.42 Å². The number of hydrogen-bond donors (Lipinski definition) is 0. The number of nitrogens with zero attached hydrogens (tertiary/aromatic N) is 4. The molecule has 0 bridgehead atoms. The van der Waals surface area contributed by atoms with Crippen LogP contribution >= 0.6 is 0 Å². The predicted molar refractivity (Wildman–Crippen MR) is 150 cm³/mol. The number of ether oxygens (including phenoxy) is 2. The largest absolute Gasteiger partial charge is 0.497 e. The Labute approximate surface area is 230 Å². The number of aryl methyl sites for hydroxylation is 2. The third-order valence-corrected chi connectivity index (χ3v) is 10.5. The highest BCUT2D eigenvalue weighted by Crippen LogP contribution is 2.30. The lowest BCUT2D eigenvalue weighted by atomic mass is 9.85. The lowest BCUT2D eigenvalue weighted by Crippen LogP contribution is -2.43. The van der Waals surface area contributed by atoms with Crippen molar-refractivity contribution in [3.8, 4) is 5.75 Å². The molecule has 9 nitrogen and oxygen atoms in total. The molecule has 2 fully saturated rings. The van der Waals surface area contributed by atoms with E-state index in [0.29, 0.717) is 28.8 Å². The van der Waals surface area contributed by atoms with Gasteiger partial charge in [0.15, 0.2) is 0 Å². The Balaban J connectivity index is 1.39. The van der Waals surface area contributed by atoms with Crippen molar-refractivity contribution < 1.29 is 22.7 Å². The Hall–Kier alpha value is -1.72. The highest BCUT2D eigenvalue weighted by Gasteiger charge is 2.30. The maximum atomic E-state index is 13.1. The van der Waals surface area contributed by atoms with Gasteiger partial charge in [-0.1, -0.05) is 0 Å². The van der Waals surface area contributed by atoms with Crippen LogP contribution < -0.4 is 4.74 Å². The number of carbonyl (C=O) groups excluding carboxylic acids is 1. The van der Waals surface area contributed by atoms with Gasteiger partial charge in [0.25, 0.3) is 0 Å².